The second kappa shape index (κ2) is 4.53. The van der Waals surface area contributed by atoms with Crippen LogP contribution in [0.5, 0.6) is 0 Å². The van der Waals surface area contributed by atoms with Gasteiger partial charge in [-0.2, -0.15) is 0 Å². The van der Waals surface area contributed by atoms with Crippen LogP contribution in [-0.2, 0) is 4.74 Å². The van der Waals surface area contributed by atoms with Gasteiger partial charge < -0.3 is 15.4 Å². The molecule has 2 rings (SSSR count). The van der Waals surface area contributed by atoms with E-state index in [-0.39, 0.29) is 18.0 Å². The summed E-state index contributed by atoms with van der Waals surface area (Å²) in [6, 6.07) is 3.48. The largest absolute Gasteiger partial charge is 0.397 e. The van der Waals surface area contributed by atoms with Gasteiger partial charge in [0.15, 0.2) is 0 Å². The average Bonchev–Trinajstić information content (AvgIpc) is 2.27. The summed E-state index contributed by atoms with van der Waals surface area (Å²) < 4.78 is 19.0. The van der Waals surface area contributed by atoms with E-state index < -0.39 is 0 Å². The molecule has 1 fully saturated rings. The van der Waals surface area contributed by atoms with Gasteiger partial charge in [0.1, 0.15) is 5.82 Å². The average molecular weight is 238 g/mol. The minimum absolute atomic E-state index is 0.177. The number of hydrogen-bond donors (Lipinski definition) is 1. The molecule has 0 amide bonds. The molecule has 1 aromatic rings. The van der Waals surface area contributed by atoms with Crippen LogP contribution in [0.4, 0.5) is 15.8 Å². The smallest absolute Gasteiger partial charge is 0.128 e. The monoisotopic (exact) mass is 238 g/mol. The number of anilines is 2. The highest BCUT2D eigenvalue weighted by molar-refractivity contribution is 5.69. The molecule has 4 heteroatoms. The number of hydrogen-bond acceptors (Lipinski definition) is 3. The van der Waals surface area contributed by atoms with E-state index in [1.54, 1.807) is 6.92 Å². The molecule has 3 nitrogen and oxygen atoms in total. The van der Waals surface area contributed by atoms with E-state index in [2.05, 4.69) is 11.8 Å². The summed E-state index contributed by atoms with van der Waals surface area (Å²) in [6.07, 6.45) is 0.177. The van der Waals surface area contributed by atoms with E-state index in [1.807, 2.05) is 13.0 Å². The number of aryl methyl sites for hydroxylation is 1. The van der Waals surface area contributed by atoms with E-state index in [1.165, 1.54) is 6.07 Å². The molecule has 1 aromatic carbocycles. The van der Waals surface area contributed by atoms with Gasteiger partial charge in [0.05, 0.1) is 24.1 Å². The number of benzene rings is 1. The van der Waals surface area contributed by atoms with Crippen molar-refractivity contribution in [3.63, 3.8) is 0 Å². The Morgan fingerprint density at radius 1 is 1.41 bits per heavy atom. The molecular weight excluding hydrogens is 219 g/mol. The maximum atomic E-state index is 13.4. The lowest BCUT2D eigenvalue weighted by Gasteiger charge is -2.39. The normalized spacial score (nSPS) is 25.1. The molecule has 0 bridgehead atoms. The minimum atomic E-state index is -0.250. The van der Waals surface area contributed by atoms with Gasteiger partial charge in [0.2, 0.25) is 0 Å². The summed E-state index contributed by atoms with van der Waals surface area (Å²) in [7, 11) is 0. The molecule has 1 heterocycles. The molecule has 1 aliphatic rings. The highest BCUT2D eigenvalue weighted by Gasteiger charge is 2.25. The highest BCUT2D eigenvalue weighted by Crippen LogP contribution is 2.30. The third-order valence-corrected chi connectivity index (χ3v) is 3.23. The van der Waals surface area contributed by atoms with E-state index in [0.29, 0.717) is 17.9 Å². The fourth-order valence-electron chi connectivity index (χ4n) is 2.17. The molecule has 0 spiro atoms. The second-order valence-corrected chi connectivity index (χ2v) is 4.81. The molecule has 0 aromatic heterocycles. The van der Waals surface area contributed by atoms with Crippen molar-refractivity contribution in [2.75, 3.05) is 23.8 Å². The molecule has 1 aliphatic heterocycles. The third kappa shape index (κ3) is 2.36. The first kappa shape index (κ1) is 12.2. The predicted molar refractivity (Wildman–Crippen MR) is 67.8 cm³/mol. The summed E-state index contributed by atoms with van der Waals surface area (Å²) in [4.78, 5) is 2.19. The molecule has 0 radical (unpaired) electrons. The van der Waals surface area contributed by atoms with E-state index in [4.69, 9.17) is 10.5 Å². The Hall–Kier alpha value is -1.29. The van der Waals surface area contributed by atoms with Crippen molar-refractivity contribution in [1.82, 2.24) is 0 Å². The summed E-state index contributed by atoms with van der Waals surface area (Å²) in [5.41, 5.74) is 7.94. The number of rotatable bonds is 1. The van der Waals surface area contributed by atoms with Crippen LogP contribution in [0.15, 0.2) is 12.1 Å². The number of morpholine rings is 1. The van der Waals surface area contributed by atoms with Crippen molar-refractivity contribution in [3.05, 3.63) is 23.5 Å². The van der Waals surface area contributed by atoms with Gasteiger partial charge in [0, 0.05) is 12.6 Å². The summed E-state index contributed by atoms with van der Waals surface area (Å²) >= 11 is 0. The number of halogens is 1. The number of nitrogens with two attached hydrogens (primary N) is 1. The minimum Gasteiger partial charge on any atom is -0.397 e. The van der Waals surface area contributed by atoms with Gasteiger partial charge in [-0.15, -0.1) is 0 Å². The maximum Gasteiger partial charge on any atom is 0.128 e. The first-order valence-corrected chi connectivity index (χ1v) is 5.93. The Morgan fingerprint density at radius 3 is 2.82 bits per heavy atom. The Kier molecular flexibility index (Phi) is 3.24. The van der Waals surface area contributed by atoms with Crippen LogP contribution in [0.3, 0.4) is 0 Å². The van der Waals surface area contributed by atoms with E-state index in [9.17, 15) is 4.39 Å². The Labute approximate surface area is 101 Å². The number of nitrogen functional groups attached to an aromatic ring is 1. The first-order chi connectivity index (χ1) is 7.99. The SMILES string of the molecule is Cc1cc(N2CC(C)OCC2C)c(N)cc1F. The van der Waals surface area contributed by atoms with Gasteiger partial charge in [-0.05, 0) is 38.5 Å². The molecule has 94 valence electrons. The zero-order valence-corrected chi connectivity index (χ0v) is 10.5. The van der Waals surface area contributed by atoms with Crippen LogP contribution in [0.1, 0.15) is 19.4 Å². The third-order valence-electron chi connectivity index (χ3n) is 3.23. The van der Waals surface area contributed by atoms with Crippen molar-refractivity contribution < 1.29 is 9.13 Å². The van der Waals surface area contributed by atoms with Crippen molar-refractivity contribution in [3.8, 4) is 0 Å². The van der Waals surface area contributed by atoms with Crippen LogP contribution >= 0.6 is 0 Å². The molecule has 2 N–H and O–H groups in total. The quantitative estimate of drug-likeness (QED) is 0.763. The van der Waals surface area contributed by atoms with Gasteiger partial charge >= 0.3 is 0 Å². The first-order valence-electron chi connectivity index (χ1n) is 5.93. The molecule has 1 saturated heterocycles. The van der Waals surface area contributed by atoms with Crippen LogP contribution < -0.4 is 10.6 Å². The Morgan fingerprint density at radius 2 is 2.12 bits per heavy atom. The van der Waals surface area contributed by atoms with E-state index >= 15 is 0 Å². The zero-order valence-electron chi connectivity index (χ0n) is 10.5. The molecule has 0 saturated carbocycles. The Bertz CT molecular complexity index is 422. The van der Waals surface area contributed by atoms with Gasteiger partial charge in [-0.25, -0.2) is 4.39 Å². The summed E-state index contributed by atoms with van der Waals surface area (Å²) in [5.74, 6) is -0.250. The summed E-state index contributed by atoms with van der Waals surface area (Å²) in [5, 5.41) is 0. The summed E-state index contributed by atoms with van der Waals surface area (Å²) in [6.45, 7) is 7.34. The molecule has 0 aliphatic carbocycles. The maximum absolute atomic E-state index is 13.4. The van der Waals surface area contributed by atoms with Gasteiger partial charge in [-0.1, -0.05) is 0 Å². The Balaban J connectivity index is 2.35. The fraction of sp³-hybridized carbons (Fsp3) is 0.538. The lowest BCUT2D eigenvalue weighted by Crippen LogP contribution is -2.47. The standard InChI is InChI=1S/C13H19FN2O/c1-8-4-13(12(15)5-11(8)14)16-6-10(3)17-7-9(16)2/h4-5,9-10H,6-7,15H2,1-3H3. The number of nitrogens with zero attached hydrogens (tertiary/aromatic N) is 1. The van der Waals surface area contributed by atoms with Crippen LogP contribution in [-0.4, -0.2) is 25.3 Å². The molecule has 2 atom stereocenters. The zero-order chi connectivity index (χ0) is 12.6. The van der Waals surface area contributed by atoms with Crippen molar-refractivity contribution >= 4 is 11.4 Å². The van der Waals surface area contributed by atoms with Crippen molar-refractivity contribution in [2.45, 2.75) is 32.9 Å². The lowest BCUT2D eigenvalue weighted by atomic mass is 10.1. The topological polar surface area (TPSA) is 38.5 Å². The van der Waals surface area contributed by atoms with E-state index in [0.717, 1.165) is 12.2 Å². The van der Waals surface area contributed by atoms with Crippen LogP contribution in [0, 0.1) is 12.7 Å². The van der Waals surface area contributed by atoms with Crippen LogP contribution in [0.25, 0.3) is 0 Å². The highest BCUT2D eigenvalue weighted by atomic mass is 19.1. The number of ether oxygens (including phenoxy) is 1. The predicted octanol–water partition coefficient (Wildman–Crippen LogP) is 2.33. The molecule has 17 heavy (non-hydrogen) atoms. The van der Waals surface area contributed by atoms with Gasteiger partial charge in [-0.3, -0.25) is 0 Å². The van der Waals surface area contributed by atoms with Gasteiger partial charge in [0.25, 0.3) is 0 Å². The second-order valence-electron chi connectivity index (χ2n) is 4.81. The lowest BCUT2D eigenvalue weighted by molar-refractivity contribution is 0.0344. The molecule has 2 unspecified atom stereocenters. The van der Waals surface area contributed by atoms with Crippen LogP contribution in [0.2, 0.25) is 0 Å². The van der Waals surface area contributed by atoms with Crippen molar-refractivity contribution in [1.29, 1.82) is 0 Å². The molecular formula is C13H19FN2O. The van der Waals surface area contributed by atoms with Crippen molar-refractivity contribution in [2.24, 2.45) is 0 Å². The fourth-order valence-corrected chi connectivity index (χ4v) is 2.17.